The van der Waals surface area contributed by atoms with Crippen LogP contribution in [0.15, 0.2) is 18.2 Å². The van der Waals surface area contributed by atoms with Gasteiger partial charge in [-0.1, -0.05) is 6.07 Å². The number of methoxy groups -OCH3 is 1. The Balaban J connectivity index is 2.40. The van der Waals surface area contributed by atoms with Gasteiger partial charge in [0, 0.05) is 18.7 Å². The molecule has 0 aliphatic heterocycles. The molecule has 7 heteroatoms. The zero-order chi connectivity index (χ0) is 16.4. The van der Waals surface area contributed by atoms with Crippen LogP contribution in [0.1, 0.15) is 18.9 Å². The fourth-order valence-electron chi connectivity index (χ4n) is 1.72. The van der Waals surface area contributed by atoms with Gasteiger partial charge in [-0.2, -0.15) is 11.8 Å². The normalized spacial score (nSPS) is 10.1. The minimum atomic E-state index is -0.369. The molecule has 0 spiro atoms. The van der Waals surface area contributed by atoms with Gasteiger partial charge >= 0.3 is 0 Å². The molecule has 0 bridgehead atoms. The van der Waals surface area contributed by atoms with E-state index in [1.807, 2.05) is 25.1 Å². The number of carbonyl (C=O) groups is 2. The van der Waals surface area contributed by atoms with Crippen LogP contribution in [0.4, 0.5) is 0 Å². The van der Waals surface area contributed by atoms with Crippen molar-refractivity contribution in [3.63, 3.8) is 0 Å². The summed E-state index contributed by atoms with van der Waals surface area (Å²) in [5.74, 6) is 1.70. The standard InChI is InChI=1S/C15H22N2O4S/c1-3-21-12-5-4-11(8-13(12)20-2)9-17-15(19)6-7-22-10-14(16)18/h4-5,8H,3,6-7,9-10H2,1-2H3,(H2,16,18)(H,17,19). The Morgan fingerprint density at radius 3 is 2.73 bits per heavy atom. The van der Waals surface area contributed by atoms with E-state index in [-0.39, 0.29) is 17.6 Å². The van der Waals surface area contributed by atoms with Gasteiger partial charge in [-0.05, 0) is 24.6 Å². The van der Waals surface area contributed by atoms with Gasteiger partial charge in [-0.25, -0.2) is 0 Å². The fourth-order valence-corrected chi connectivity index (χ4v) is 2.40. The van der Waals surface area contributed by atoms with Gasteiger partial charge in [0.15, 0.2) is 11.5 Å². The van der Waals surface area contributed by atoms with E-state index in [4.69, 9.17) is 15.2 Å². The van der Waals surface area contributed by atoms with Crippen LogP contribution in [0.5, 0.6) is 11.5 Å². The first-order valence-electron chi connectivity index (χ1n) is 6.99. The number of thioether (sulfide) groups is 1. The fraction of sp³-hybridized carbons (Fsp3) is 0.467. The summed E-state index contributed by atoms with van der Waals surface area (Å²) < 4.78 is 10.7. The van der Waals surface area contributed by atoms with Crippen molar-refractivity contribution in [1.82, 2.24) is 5.32 Å². The molecule has 0 heterocycles. The highest BCUT2D eigenvalue weighted by Crippen LogP contribution is 2.27. The lowest BCUT2D eigenvalue weighted by molar-refractivity contribution is -0.121. The lowest BCUT2D eigenvalue weighted by atomic mass is 10.2. The summed E-state index contributed by atoms with van der Waals surface area (Å²) in [6.07, 6.45) is 0.353. The number of amides is 2. The molecule has 2 amide bonds. The molecule has 6 nitrogen and oxygen atoms in total. The maximum atomic E-state index is 11.7. The highest BCUT2D eigenvalue weighted by molar-refractivity contribution is 7.99. The van der Waals surface area contributed by atoms with Crippen LogP contribution in [0, 0.1) is 0 Å². The first-order valence-corrected chi connectivity index (χ1v) is 8.14. The number of carbonyl (C=O) groups excluding carboxylic acids is 2. The summed E-state index contributed by atoms with van der Waals surface area (Å²) in [4.78, 5) is 22.3. The highest BCUT2D eigenvalue weighted by Gasteiger charge is 2.07. The largest absolute Gasteiger partial charge is 0.493 e. The number of nitrogens with two attached hydrogens (primary N) is 1. The van der Waals surface area contributed by atoms with Crippen LogP contribution in [0.3, 0.4) is 0 Å². The summed E-state index contributed by atoms with van der Waals surface area (Å²) in [6, 6.07) is 5.55. The van der Waals surface area contributed by atoms with Gasteiger partial charge in [-0.15, -0.1) is 0 Å². The van der Waals surface area contributed by atoms with Gasteiger partial charge in [0.2, 0.25) is 11.8 Å². The van der Waals surface area contributed by atoms with Gasteiger partial charge < -0.3 is 20.5 Å². The van der Waals surface area contributed by atoms with Gasteiger partial charge in [0.05, 0.1) is 19.5 Å². The van der Waals surface area contributed by atoms with Crippen molar-refractivity contribution in [2.24, 2.45) is 5.73 Å². The van der Waals surface area contributed by atoms with Gasteiger partial charge in [0.25, 0.3) is 0 Å². The third kappa shape index (κ3) is 6.71. The molecule has 3 N–H and O–H groups in total. The number of rotatable bonds is 10. The summed E-state index contributed by atoms with van der Waals surface area (Å²) >= 11 is 1.35. The maximum Gasteiger partial charge on any atom is 0.227 e. The molecular weight excluding hydrogens is 304 g/mol. The second-order valence-corrected chi connectivity index (χ2v) is 5.57. The number of benzene rings is 1. The van der Waals surface area contributed by atoms with Gasteiger partial charge in [0.1, 0.15) is 0 Å². The molecule has 1 rings (SSSR count). The topological polar surface area (TPSA) is 90.6 Å². The Morgan fingerprint density at radius 2 is 2.09 bits per heavy atom. The second-order valence-electron chi connectivity index (χ2n) is 4.46. The van der Waals surface area contributed by atoms with E-state index in [9.17, 15) is 9.59 Å². The quantitative estimate of drug-likeness (QED) is 0.633. The smallest absolute Gasteiger partial charge is 0.227 e. The Labute approximate surface area is 134 Å². The van der Waals surface area contributed by atoms with Crippen molar-refractivity contribution in [1.29, 1.82) is 0 Å². The molecule has 0 radical (unpaired) electrons. The minimum Gasteiger partial charge on any atom is -0.493 e. The summed E-state index contributed by atoms with van der Waals surface area (Å²) in [5.41, 5.74) is 5.95. The molecule has 0 aliphatic rings. The number of hydrogen-bond acceptors (Lipinski definition) is 5. The average Bonchev–Trinajstić information content (AvgIpc) is 2.50. The maximum absolute atomic E-state index is 11.7. The summed E-state index contributed by atoms with van der Waals surface area (Å²) in [5, 5.41) is 2.83. The van der Waals surface area contributed by atoms with Crippen molar-refractivity contribution in [3.05, 3.63) is 23.8 Å². The molecule has 0 saturated carbocycles. The van der Waals surface area contributed by atoms with Crippen LogP contribution in [-0.2, 0) is 16.1 Å². The van der Waals surface area contributed by atoms with Crippen molar-refractivity contribution in [3.8, 4) is 11.5 Å². The van der Waals surface area contributed by atoms with Crippen LogP contribution in [-0.4, -0.2) is 37.0 Å². The van der Waals surface area contributed by atoms with E-state index >= 15 is 0 Å². The second kappa shape index (κ2) is 9.94. The monoisotopic (exact) mass is 326 g/mol. The van der Waals surface area contributed by atoms with Crippen molar-refractivity contribution in [2.75, 3.05) is 25.2 Å². The number of nitrogens with one attached hydrogen (secondary N) is 1. The molecule has 1 aromatic carbocycles. The molecule has 0 aliphatic carbocycles. The average molecular weight is 326 g/mol. The Hall–Kier alpha value is -1.89. The van der Waals surface area contributed by atoms with E-state index < -0.39 is 0 Å². The molecule has 22 heavy (non-hydrogen) atoms. The Morgan fingerprint density at radius 1 is 1.32 bits per heavy atom. The molecule has 0 atom stereocenters. The van der Waals surface area contributed by atoms with E-state index in [0.717, 1.165) is 5.56 Å². The Bertz CT molecular complexity index is 508. The van der Waals surface area contributed by atoms with Crippen LogP contribution >= 0.6 is 11.8 Å². The lowest BCUT2D eigenvalue weighted by Gasteiger charge is -2.11. The predicted molar refractivity (Wildman–Crippen MR) is 87.1 cm³/mol. The molecule has 0 fully saturated rings. The van der Waals surface area contributed by atoms with E-state index in [0.29, 0.717) is 36.8 Å². The van der Waals surface area contributed by atoms with E-state index in [1.165, 1.54) is 11.8 Å². The first-order chi connectivity index (χ1) is 10.6. The summed E-state index contributed by atoms with van der Waals surface area (Å²) in [6.45, 7) is 2.89. The summed E-state index contributed by atoms with van der Waals surface area (Å²) in [7, 11) is 1.58. The van der Waals surface area contributed by atoms with Crippen molar-refractivity contribution >= 4 is 23.6 Å². The highest BCUT2D eigenvalue weighted by atomic mass is 32.2. The molecule has 0 aromatic heterocycles. The number of hydrogen-bond donors (Lipinski definition) is 2. The predicted octanol–water partition coefficient (Wildman–Crippen LogP) is 1.32. The SMILES string of the molecule is CCOc1ccc(CNC(=O)CCSCC(N)=O)cc1OC. The third-order valence-corrected chi connectivity index (χ3v) is 3.72. The molecule has 1 aromatic rings. The minimum absolute atomic E-state index is 0.0650. The molecule has 122 valence electrons. The number of ether oxygens (including phenoxy) is 2. The zero-order valence-electron chi connectivity index (χ0n) is 12.9. The van der Waals surface area contributed by atoms with Gasteiger partial charge in [-0.3, -0.25) is 9.59 Å². The molecule has 0 unspecified atom stereocenters. The first kappa shape index (κ1) is 18.2. The number of primary amides is 1. The van der Waals surface area contributed by atoms with Crippen molar-refractivity contribution < 1.29 is 19.1 Å². The van der Waals surface area contributed by atoms with Crippen LogP contribution in [0.2, 0.25) is 0 Å². The molecule has 0 saturated heterocycles. The van der Waals surface area contributed by atoms with Crippen LogP contribution in [0.25, 0.3) is 0 Å². The van der Waals surface area contributed by atoms with Crippen molar-refractivity contribution in [2.45, 2.75) is 19.9 Å². The lowest BCUT2D eigenvalue weighted by Crippen LogP contribution is -2.23. The van der Waals surface area contributed by atoms with E-state index in [1.54, 1.807) is 7.11 Å². The Kier molecular flexibility index (Phi) is 8.21. The van der Waals surface area contributed by atoms with E-state index in [2.05, 4.69) is 5.32 Å². The third-order valence-electron chi connectivity index (χ3n) is 2.74. The molecular formula is C15H22N2O4S. The zero-order valence-corrected chi connectivity index (χ0v) is 13.7. The van der Waals surface area contributed by atoms with Crippen LogP contribution < -0.4 is 20.5 Å².